The minimum absolute atomic E-state index is 0. The van der Waals surface area contributed by atoms with Crippen LogP contribution in [0.2, 0.25) is 0 Å². The molecule has 3 rings (SSSR count). The lowest BCUT2D eigenvalue weighted by atomic mass is 9.95. The van der Waals surface area contributed by atoms with Gasteiger partial charge in [0, 0.05) is 24.8 Å². The van der Waals surface area contributed by atoms with E-state index in [2.05, 4.69) is 15.6 Å². The molecule has 0 unspecified atom stereocenters. The van der Waals surface area contributed by atoms with Crippen molar-refractivity contribution < 1.29 is 4.79 Å². The monoisotopic (exact) mass is 367 g/mol. The first-order chi connectivity index (χ1) is 11.7. The summed E-state index contributed by atoms with van der Waals surface area (Å²) in [6, 6.07) is 2.37. The van der Waals surface area contributed by atoms with Crippen molar-refractivity contribution in [1.29, 1.82) is 0 Å². The molecule has 0 bridgehead atoms. The highest BCUT2D eigenvalue weighted by atomic mass is 35.5. The summed E-state index contributed by atoms with van der Waals surface area (Å²) in [6.45, 7) is 1.32. The number of halogens is 1. The smallest absolute Gasteiger partial charge is 0.261 e. The number of hydrogen-bond acceptors (Lipinski definition) is 3. The van der Waals surface area contributed by atoms with Gasteiger partial charge in [-0.15, -0.1) is 12.4 Å². The lowest BCUT2D eigenvalue weighted by molar-refractivity contribution is 0.0951. The highest BCUT2D eigenvalue weighted by molar-refractivity contribution is 5.94. The number of rotatable bonds is 5. The quantitative estimate of drug-likeness (QED) is 0.553. The maximum atomic E-state index is 12.3. The number of carbonyl (C=O) groups excluding carboxylic acids is 1. The largest absolute Gasteiger partial charge is 0.351 e. The third-order valence-electron chi connectivity index (χ3n) is 5.28. The highest BCUT2D eigenvalue weighted by Gasteiger charge is 2.17. The molecule has 0 spiro atoms. The van der Waals surface area contributed by atoms with Crippen molar-refractivity contribution >= 4 is 18.3 Å². The molecule has 0 radical (unpaired) electrons. The van der Waals surface area contributed by atoms with E-state index in [0.717, 1.165) is 43.5 Å². The molecule has 2 aliphatic carbocycles. The van der Waals surface area contributed by atoms with Crippen molar-refractivity contribution in [3.05, 3.63) is 33.2 Å². The number of H-pyrrole nitrogens is 1. The Morgan fingerprint density at radius 1 is 1.04 bits per heavy atom. The van der Waals surface area contributed by atoms with Crippen LogP contribution in [0.1, 0.15) is 73.0 Å². The van der Waals surface area contributed by atoms with Crippen LogP contribution in [0, 0.1) is 0 Å². The van der Waals surface area contributed by atoms with Crippen molar-refractivity contribution in [2.75, 3.05) is 13.1 Å². The van der Waals surface area contributed by atoms with Crippen LogP contribution in [0.5, 0.6) is 0 Å². The number of aryl methyl sites for hydroxylation is 2. The molecule has 1 heterocycles. The van der Waals surface area contributed by atoms with Crippen molar-refractivity contribution in [3.63, 3.8) is 0 Å². The van der Waals surface area contributed by atoms with Gasteiger partial charge in [-0.1, -0.05) is 25.7 Å². The number of hydrogen-bond donors (Lipinski definition) is 3. The minimum Gasteiger partial charge on any atom is -0.351 e. The molecular formula is C19H30ClN3O2. The van der Waals surface area contributed by atoms with Crippen molar-refractivity contribution in [1.82, 2.24) is 15.6 Å². The molecule has 6 heteroatoms. The summed E-state index contributed by atoms with van der Waals surface area (Å²) in [4.78, 5) is 27.3. The Hall–Kier alpha value is -1.33. The number of fused-ring (bicyclic) bond motifs is 1. The first-order valence-electron chi connectivity index (χ1n) is 9.50. The van der Waals surface area contributed by atoms with Gasteiger partial charge in [-0.2, -0.15) is 0 Å². The Labute approximate surface area is 155 Å². The van der Waals surface area contributed by atoms with Crippen molar-refractivity contribution in [2.45, 2.75) is 70.3 Å². The van der Waals surface area contributed by atoms with Gasteiger partial charge in [0.25, 0.3) is 11.5 Å². The molecule has 1 aromatic rings. The van der Waals surface area contributed by atoms with Gasteiger partial charge < -0.3 is 15.6 Å². The summed E-state index contributed by atoms with van der Waals surface area (Å²) in [6.07, 6.45) is 11.9. The van der Waals surface area contributed by atoms with E-state index in [0.29, 0.717) is 12.6 Å². The maximum absolute atomic E-state index is 12.3. The van der Waals surface area contributed by atoms with Crippen LogP contribution < -0.4 is 16.2 Å². The number of pyridine rings is 1. The van der Waals surface area contributed by atoms with Crippen LogP contribution in [0.15, 0.2) is 10.9 Å². The van der Waals surface area contributed by atoms with Crippen LogP contribution in [0.4, 0.5) is 0 Å². The van der Waals surface area contributed by atoms with Crippen LogP contribution in [-0.2, 0) is 12.8 Å². The second-order valence-corrected chi connectivity index (χ2v) is 7.12. The molecule has 1 amide bonds. The summed E-state index contributed by atoms with van der Waals surface area (Å²) >= 11 is 0. The lowest BCUT2D eigenvalue weighted by Crippen LogP contribution is -2.38. The zero-order valence-electron chi connectivity index (χ0n) is 14.9. The Morgan fingerprint density at radius 3 is 2.52 bits per heavy atom. The van der Waals surface area contributed by atoms with E-state index >= 15 is 0 Å². The van der Waals surface area contributed by atoms with Crippen molar-refractivity contribution in [3.8, 4) is 0 Å². The van der Waals surface area contributed by atoms with E-state index in [1.165, 1.54) is 38.5 Å². The number of aromatic nitrogens is 1. The van der Waals surface area contributed by atoms with Gasteiger partial charge in [0.05, 0.1) is 0 Å². The van der Waals surface area contributed by atoms with Gasteiger partial charge >= 0.3 is 0 Å². The van der Waals surface area contributed by atoms with Crippen LogP contribution in [0.3, 0.4) is 0 Å². The van der Waals surface area contributed by atoms with Gasteiger partial charge in [0.15, 0.2) is 0 Å². The zero-order valence-corrected chi connectivity index (χ0v) is 15.7. The van der Waals surface area contributed by atoms with Gasteiger partial charge in [0.1, 0.15) is 5.56 Å². The van der Waals surface area contributed by atoms with Gasteiger partial charge in [-0.3, -0.25) is 9.59 Å². The van der Waals surface area contributed by atoms with Gasteiger partial charge in [-0.25, -0.2) is 0 Å². The van der Waals surface area contributed by atoms with Crippen molar-refractivity contribution in [2.24, 2.45) is 0 Å². The van der Waals surface area contributed by atoms with E-state index in [-0.39, 0.29) is 29.4 Å². The van der Waals surface area contributed by atoms with E-state index in [1.807, 2.05) is 0 Å². The fourth-order valence-corrected chi connectivity index (χ4v) is 3.87. The molecule has 1 aromatic heterocycles. The Morgan fingerprint density at radius 2 is 1.76 bits per heavy atom. The maximum Gasteiger partial charge on any atom is 0.261 e. The van der Waals surface area contributed by atoms with Crippen LogP contribution >= 0.6 is 12.4 Å². The molecule has 1 fully saturated rings. The zero-order chi connectivity index (χ0) is 16.8. The Balaban J connectivity index is 0.00000225. The second kappa shape index (κ2) is 9.97. The van der Waals surface area contributed by atoms with Gasteiger partial charge in [-0.05, 0) is 50.2 Å². The van der Waals surface area contributed by atoms with E-state index in [4.69, 9.17) is 0 Å². The van der Waals surface area contributed by atoms with Crippen LogP contribution in [-0.4, -0.2) is 30.0 Å². The van der Waals surface area contributed by atoms with Crippen LogP contribution in [0.25, 0.3) is 0 Å². The molecular weight excluding hydrogens is 338 g/mol. The summed E-state index contributed by atoms with van der Waals surface area (Å²) in [7, 11) is 0. The first-order valence-corrected chi connectivity index (χ1v) is 9.50. The molecule has 1 saturated carbocycles. The number of amides is 1. The lowest BCUT2D eigenvalue weighted by Gasteiger charge is -2.17. The highest BCUT2D eigenvalue weighted by Crippen LogP contribution is 2.18. The second-order valence-electron chi connectivity index (χ2n) is 7.12. The predicted molar refractivity (Wildman–Crippen MR) is 103 cm³/mol. The number of aromatic amines is 1. The molecule has 0 saturated heterocycles. The molecule has 0 aromatic carbocycles. The third-order valence-corrected chi connectivity index (χ3v) is 5.28. The Bertz CT molecular complexity index is 622. The minimum atomic E-state index is -0.259. The summed E-state index contributed by atoms with van der Waals surface area (Å²) in [5.74, 6) is -0.257. The number of carbonyl (C=O) groups is 1. The predicted octanol–water partition coefficient (Wildman–Crippen LogP) is 2.72. The molecule has 25 heavy (non-hydrogen) atoms. The average Bonchev–Trinajstić information content (AvgIpc) is 2.86. The number of nitrogens with one attached hydrogen (secondary N) is 3. The SMILES string of the molecule is Cl.O=C(NCCNC1CCCCCC1)c1cc2c([nH]c1=O)CCCC2. The first kappa shape index (κ1) is 20.0. The Kier molecular flexibility index (Phi) is 7.97. The summed E-state index contributed by atoms with van der Waals surface area (Å²) in [5, 5.41) is 6.41. The molecule has 0 aliphatic heterocycles. The van der Waals surface area contributed by atoms with E-state index < -0.39 is 0 Å². The fourth-order valence-electron chi connectivity index (χ4n) is 3.87. The average molecular weight is 368 g/mol. The molecule has 140 valence electrons. The topological polar surface area (TPSA) is 74.0 Å². The molecule has 5 nitrogen and oxygen atoms in total. The molecule has 0 atom stereocenters. The third kappa shape index (κ3) is 5.58. The molecule has 3 N–H and O–H groups in total. The molecule has 2 aliphatic rings. The summed E-state index contributed by atoms with van der Waals surface area (Å²) < 4.78 is 0. The summed E-state index contributed by atoms with van der Waals surface area (Å²) in [5.41, 5.74) is 2.13. The van der Waals surface area contributed by atoms with Gasteiger partial charge in [0.2, 0.25) is 0 Å². The standard InChI is InChI=1S/C19H29N3O2.ClH/c23-18(21-12-11-20-15-8-3-1-2-4-9-15)16-13-14-7-5-6-10-17(14)22-19(16)24;/h13,15,20H,1-12H2,(H,21,23)(H,22,24);1H. The van der Waals surface area contributed by atoms with E-state index in [9.17, 15) is 9.59 Å². The van der Waals surface area contributed by atoms with E-state index in [1.54, 1.807) is 6.07 Å². The normalized spacial score (nSPS) is 17.9. The fraction of sp³-hybridized carbons (Fsp3) is 0.684.